The van der Waals surface area contributed by atoms with Crippen molar-refractivity contribution >= 4 is 53.7 Å². The second kappa shape index (κ2) is 32.0. The molecule has 0 radical (unpaired) electrons. The third-order valence-corrected chi connectivity index (χ3v) is 15.4. The molecule has 0 aromatic rings. The molecule has 18 heteroatoms. The summed E-state index contributed by atoms with van der Waals surface area (Å²) in [6.45, 7) is 43.5. The first-order valence-electron chi connectivity index (χ1n) is 28.1. The highest BCUT2D eigenvalue weighted by molar-refractivity contribution is 5.92. The maximum Gasteiger partial charge on any atom is 0.339 e. The minimum Gasteiger partial charge on any atom is -0.432 e. The standard InChI is InChI=1S/C10H14O2.C10H12O2.C9H12O2.C9H10O2.C6H8O2.2C6H6O2.C5H6O2.C5H4O2.CH4/c1-6-3-4-8-9(5-6)7(2)12-10(8)11;1-6-3-4-8-7(2)12-10(11)9(8)5-6;2*1-6-7-4-2-3-5-8(7)9(10)11-6;3*1-4-3-5(2)8-6(4)7;2*1-4-2-3-5(6)7-4;/h6,8-9H,2-5H2,1H3;3,8-9H,2,4-5H2,1H3;7-8H,1-5H2;2-3,7-8H,1,4-5H2;4H,2-3H2,1H3;3H,2H2,1H3;1-3H2;1-3H2;2-3H,1H2;1H4. The Morgan fingerprint density at radius 1 is 0.447 bits per heavy atom. The van der Waals surface area contributed by atoms with Crippen LogP contribution in [0.4, 0.5) is 0 Å². The molecule has 18 nitrogen and oxygen atoms in total. The minimum atomic E-state index is -0.338. The Morgan fingerprint density at radius 3 is 1.36 bits per heavy atom. The average Bonchev–Trinajstić information content (AvgIpc) is 4.38. The lowest BCUT2D eigenvalue weighted by atomic mass is 9.75. The van der Waals surface area contributed by atoms with Crippen LogP contribution >= 0.6 is 0 Å². The van der Waals surface area contributed by atoms with E-state index in [1.54, 1.807) is 13.0 Å². The van der Waals surface area contributed by atoms with E-state index in [2.05, 4.69) is 115 Å². The number of carbonyl (C=O) groups excluding carboxylic acids is 9. The lowest BCUT2D eigenvalue weighted by Crippen LogP contribution is -2.23. The van der Waals surface area contributed by atoms with Gasteiger partial charge in [0, 0.05) is 60.2 Å². The molecule has 0 amide bonds. The van der Waals surface area contributed by atoms with Crippen LogP contribution in [0.3, 0.4) is 0 Å². The van der Waals surface area contributed by atoms with E-state index in [4.69, 9.17) is 18.9 Å². The molecule has 13 aliphatic rings. The van der Waals surface area contributed by atoms with Crippen molar-refractivity contribution in [2.24, 2.45) is 59.2 Å². The predicted octanol–water partition coefficient (Wildman–Crippen LogP) is 12.8. The van der Waals surface area contributed by atoms with Crippen LogP contribution < -0.4 is 0 Å². The van der Waals surface area contributed by atoms with E-state index in [-0.39, 0.29) is 103 Å². The van der Waals surface area contributed by atoms with Crippen molar-refractivity contribution in [3.8, 4) is 0 Å². The molecule has 0 aromatic carbocycles. The normalized spacial score (nSPS) is 29.2. The van der Waals surface area contributed by atoms with E-state index < -0.39 is 0 Å². The zero-order valence-corrected chi connectivity index (χ0v) is 48.8. The summed E-state index contributed by atoms with van der Waals surface area (Å²) in [6, 6.07) is 0. The van der Waals surface area contributed by atoms with Gasteiger partial charge in [0.1, 0.15) is 51.8 Å². The van der Waals surface area contributed by atoms with Crippen LogP contribution in [0.1, 0.15) is 131 Å². The molecule has 0 N–H and O–H groups in total. The molecule has 9 fully saturated rings. The third-order valence-electron chi connectivity index (χ3n) is 15.4. The van der Waals surface area contributed by atoms with Crippen molar-refractivity contribution in [1.29, 1.82) is 0 Å². The van der Waals surface area contributed by atoms with Gasteiger partial charge in [-0.1, -0.05) is 124 Å². The fraction of sp³-hybridized carbons (Fsp3) is 0.448. The second-order valence-corrected chi connectivity index (χ2v) is 22.2. The lowest BCUT2D eigenvalue weighted by Gasteiger charge is -2.25. The van der Waals surface area contributed by atoms with Gasteiger partial charge in [0.05, 0.1) is 36.0 Å². The highest BCUT2D eigenvalue weighted by Crippen LogP contribution is 2.44. The highest BCUT2D eigenvalue weighted by atomic mass is 16.6. The first-order valence-corrected chi connectivity index (χ1v) is 28.1. The number of hydrogen-bond acceptors (Lipinski definition) is 18. The van der Waals surface area contributed by atoms with Crippen molar-refractivity contribution in [2.45, 2.75) is 131 Å². The highest BCUT2D eigenvalue weighted by Gasteiger charge is 2.44. The Bertz CT molecular complexity index is 2820. The van der Waals surface area contributed by atoms with E-state index in [0.29, 0.717) is 100 Å². The first-order chi connectivity index (χ1) is 39.6. The quantitative estimate of drug-likeness (QED) is 0.0948. The summed E-state index contributed by atoms with van der Waals surface area (Å²) < 4.78 is 42.6. The molecule has 9 aliphatic heterocycles. The third kappa shape index (κ3) is 20.4. The summed E-state index contributed by atoms with van der Waals surface area (Å²) in [7, 11) is 0. The number of ether oxygens (including phenoxy) is 9. The topological polar surface area (TPSA) is 237 Å². The lowest BCUT2D eigenvalue weighted by molar-refractivity contribution is -0.140. The molecule has 7 saturated heterocycles. The van der Waals surface area contributed by atoms with Crippen LogP contribution in [-0.4, -0.2) is 53.7 Å². The molecule has 4 aliphatic carbocycles. The summed E-state index contributed by atoms with van der Waals surface area (Å²) >= 11 is 0. The van der Waals surface area contributed by atoms with Crippen molar-refractivity contribution in [3.63, 3.8) is 0 Å². The van der Waals surface area contributed by atoms with Crippen molar-refractivity contribution in [3.05, 3.63) is 171 Å². The van der Waals surface area contributed by atoms with Crippen molar-refractivity contribution in [2.75, 3.05) is 0 Å². The van der Waals surface area contributed by atoms with Gasteiger partial charge in [0.15, 0.2) is 0 Å². The monoisotopic (exact) mass is 1170 g/mol. The number of hydrogen-bond donors (Lipinski definition) is 0. The van der Waals surface area contributed by atoms with E-state index in [1.807, 2.05) is 13.0 Å². The maximum atomic E-state index is 11.3. The van der Waals surface area contributed by atoms with Gasteiger partial charge >= 0.3 is 53.7 Å². The van der Waals surface area contributed by atoms with Gasteiger partial charge in [-0.15, -0.1) is 0 Å². The molecule has 13 rings (SSSR count). The minimum absolute atomic E-state index is 0. The number of carbonyl (C=O) groups is 9. The molecule has 9 heterocycles. The Kier molecular flexibility index (Phi) is 26.0. The van der Waals surface area contributed by atoms with Crippen LogP contribution in [-0.2, 0) is 85.8 Å². The fourth-order valence-corrected chi connectivity index (χ4v) is 10.7. The SMILES string of the molecule is C.C=C1C=C(C)C(=O)O1.C=C1C=CC(=O)O1.C=C1CC(=C)C(=O)O1.C=C1CC(C)C(=O)O1.C=C1CCC(=O)O1.C=C1OC(=O)C2CC(C)=CCC12.C=C1OC(=O)C2CC=CCC12.C=C1OC(=O)C2CCC(C)CC12.C=C1OC(=O)C2CCCCC12. The van der Waals surface area contributed by atoms with Crippen LogP contribution in [0.2, 0.25) is 0 Å². The molecular formula is C67H82O18. The number of cyclic esters (lactones) is 9. The number of esters is 9. The van der Waals surface area contributed by atoms with Crippen LogP contribution in [0.15, 0.2) is 171 Å². The molecule has 0 aromatic heterocycles. The van der Waals surface area contributed by atoms with Gasteiger partial charge in [-0.25, -0.2) is 14.4 Å². The van der Waals surface area contributed by atoms with E-state index >= 15 is 0 Å². The molecule has 2 saturated carbocycles. The molecule has 458 valence electrons. The van der Waals surface area contributed by atoms with Crippen LogP contribution in [0.5, 0.6) is 0 Å². The zero-order valence-electron chi connectivity index (χ0n) is 48.8. The van der Waals surface area contributed by atoms with Gasteiger partial charge < -0.3 is 42.6 Å². The summed E-state index contributed by atoms with van der Waals surface area (Å²) in [5.41, 5.74) is 2.41. The van der Waals surface area contributed by atoms with Gasteiger partial charge in [-0.05, 0) is 89.7 Å². The Labute approximate surface area is 499 Å². The summed E-state index contributed by atoms with van der Waals surface area (Å²) in [4.78, 5) is 96.3. The Balaban J connectivity index is 0.000000206. The predicted molar refractivity (Wildman–Crippen MR) is 314 cm³/mol. The van der Waals surface area contributed by atoms with Gasteiger partial charge in [-0.3, -0.25) is 28.8 Å². The van der Waals surface area contributed by atoms with Crippen molar-refractivity contribution in [1.82, 2.24) is 0 Å². The Morgan fingerprint density at radius 2 is 0.988 bits per heavy atom. The molecule has 0 bridgehead atoms. The van der Waals surface area contributed by atoms with E-state index in [9.17, 15) is 43.2 Å². The van der Waals surface area contributed by atoms with Gasteiger partial charge in [0.2, 0.25) is 0 Å². The first kappa shape index (κ1) is 69.1. The number of fused-ring (bicyclic) bond motifs is 4. The molecule has 10 atom stereocenters. The molecule has 10 unspecified atom stereocenters. The van der Waals surface area contributed by atoms with E-state index in [1.165, 1.54) is 30.6 Å². The summed E-state index contributed by atoms with van der Waals surface area (Å²) in [6.07, 6.45) is 24.4. The molecular weight excluding hydrogens is 1090 g/mol. The Hall–Kier alpha value is -8.41. The summed E-state index contributed by atoms with van der Waals surface area (Å²) in [5, 5.41) is 0. The summed E-state index contributed by atoms with van der Waals surface area (Å²) in [5.74, 6) is 6.11. The van der Waals surface area contributed by atoms with Gasteiger partial charge in [-0.2, -0.15) is 0 Å². The van der Waals surface area contributed by atoms with E-state index in [0.717, 1.165) is 63.7 Å². The second-order valence-electron chi connectivity index (χ2n) is 22.2. The molecule has 0 spiro atoms. The largest absolute Gasteiger partial charge is 0.432 e. The van der Waals surface area contributed by atoms with Crippen LogP contribution in [0.25, 0.3) is 0 Å². The van der Waals surface area contributed by atoms with Gasteiger partial charge in [0.25, 0.3) is 0 Å². The smallest absolute Gasteiger partial charge is 0.339 e. The average molecular weight is 1180 g/mol. The fourth-order valence-electron chi connectivity index (χ4n) is 10.7. The molecule has 85 heavy (non-hydrogen) atoms. The maximum absolute atomic E-state index is 11.3. The van der Waals surface area contributed by atoms with Crippen molar-refractivity contribution < 1.29 is 85.8 Å². The van der Waals surface area contributed by atoms with Crippen LogP contribution in [0, 0.1) is 59.2 Å². The zero-order chi connectivity index (χ0) is 62.1. The number of rotatable bonds is 0. The number of allylic oxidation sites excluding steroid dienone is 13.